The Morgan fingerprint density at radius 2 is 1.72 bits per heavy atom. The molecule has 0 fully saturated rings. The van der Waals surface area contributed by atoms with E-state index in [-0.39, 0.29) is 0 Å². The molecule has 0 aliphatic rings. The molecule has 0 bridgehead atoms. The summed E-state index contributed by atoms with van der Waals surface area (Å²) >= 11 is 0. The van der Waals surface area contributed by atoms with Gasteiger partial charge in [-0.1, -0.05) is 51.9 Å². The molecular weight excluding hydrogens is 224 g/mol. The van der Waals surface area contributed by atoms with Crippen LogP contribution >= 0.6 is 0 Å². The molecule has 0 aliphatic carbocycles. The molecule has 1 aromatic rings. The summed E-state index contributed by atoms with van der Waals surface area (Å²) in [5, 5.41) is 7.46. The second-order valence-corrected chi connectivity index (χ2v) is 4.95. The van der Waals surface area contributed by atoms with Gasteiger partial charge in [-0.15, -0.1) is 0 Å². The minimum absolute atomic E-state index is 0.826. The Hall–Kier alpha value is -0.900. The first kappa shape index (κ1) is 15.2. The Balaban J connectivity index is 1.83. The molecule has 4 nitrogen and oxygen atoms in total. The molecule has 0 radical (unpaired) electrons. The van der Waals surface area contributed by atoms with Gasteiger partial charge in [0.2, 0.25) is 0 Å². The summed E-state index contributed by atoms with van der Waals surface area (Å²) in [6, 6.07) is 0. The zero-order valence-electron chi connectivity index (χ0n) is 12.0. The minimum atomic E-state index is 0.826. The van der Waals surface area contributed by atoms with Gasteiger partial charge in [0.1, 0.15) is 12.2 Å². The maximum absolute atomic E-state index is 4.18. The van der Waals surface area contributed by atoms with E-state index in [2.05, 4.69) is 22.3 Å². The summed E-state index contributed by atoms with van der Waals surface area (Å²) in [5.74, 6) is 1.01. The van der Waals surface area contributed by atoms with E-state index in [0.717, 1.165) is 18.9 Å². The molecule has 0 saturated carbocycles. The van der Waals surface area contributed by atoms with Crippen LogP contribution in [0.2, 0.25) is 0 Å². The van der Waals surface area contributed by atoms with Gasteiger partial charge in [-0.3, -0.25) is 4.68 Å². The van der Waals surface area contributed by atoms with E-state index in [1.165, 1.54) is 51.4 Å². The molecule has 0 unspecified atom stereocenters. The Kier molecular flexibility index (Phi) is 8.47. The summed E-state index contributed by atoms with van der Waals surface area (Å²) in [4.78, 5) is 4.18. The van der Waals surface area contributed by atoms with Crippen molar-refractivity contribution in [3.05, 3.63) is 12.2 Å². The van der Waals surface area contributed by atoms with Gasteiger partial charge in [0, 0.05) is 7.05 Å². The van der Waals surface area contributed by atoms with Crippen LogP contribution < -0.4 is 5.32 Å². The molecule has 1 aromatic heterocycles. The van der Waals surface area contributed by atoms with Gasteiger partial charge in [-0.2, -0.15) is 5.10 Å². The van der Waals surface area contributed by atoms with Gasteiger partial charge < -0.3 is 5.32 Å². The highest BCUT2D eigenvalue weighted by Gasteiger charge is 1.98. The normalized spacial score (nSPS) is 11.0. The molecule has 0 amide bonds. The number of aryl methyl sites for hydroxylation is 1. The maximum Gasteiger partial charge on any atom is 0.140 e. The third kappa shape index (κ3) is 6.74. The van der Waals surface area contributed by atoms with Crippen molar-refractivity contribution >= 4 is 0 Å². The highest BCUT2D eigenvalue weighted by atomic mass is 15.3. The molecule has 104 valence electrons. The zero-order chi connectivity index (χ0) is 13.1. The lowest BCUT2D eigenvalue weighted by atomic mass is 10.1. The number of aromatic nitrogens is 3. The highest BCUT2D eigenvalue weighted by molar-refractivity contribution is 4.81. The molecule has 0 atom stereocenters. The van der Waals surface area contributed by atoms with Crippen molar-refractivity contribution in [1.29, 1.82) is 0 Å². The number of hydrogen-bond acceptors (Lipinski definition) is 3. The first-order valence-corrected chi connectivity index (χ1v) is 7.38. The smallest absolute Gasteiger partial charge is 0.140 e. The number of nitrogens with one attached hydrogen (secondary N) is 1. The summed E-state index contributed by atoms with van der Waals surface area (Å²) < 4.78 is 1.82. The van der Waals surface area contributed by atoms with Gasteiger partial charge >= 0.3 is 0 Å². The number of unbranched alkanes of at least 4 members (excludes halogenated alkanes) is 7. The molecule has 0 aliphatic heterocycles. The highest BCUT2D eigenvalue weighted by Crippen LogP contribution is 2.07. The number of rotatable bonds is 11. The maximum atomic E-state index is 4.18. The largest absolute Gasteiger partial charge is 0.310 e. The standard InChI is InChI=1S/C14H28N4/c1-3-4-5-6-7-8-9-10-11-15-12-14-16-13-17-18(14)2/h13,15H,3-12H2,1-2H3. The molecule has 0 aromatic carbocycles. The molecular formula is C14H28N4. The third-order valence-electron chi connectivity index (χ3n) is 3.30. The number of hydrogen-bond donors (Lipinski definition) is 1. The van der Waals surface area contributed by atoms with Crippen LogP contribution in [-0.4, -0.2) is 21.3 Å². The molecule has 1 rings (SSSR count). The van der Waals surface area contributed by atoms with Gasteiger partial charge in [-0.25, -0.2) is 4.98 Å². The van der Waals surface area contributed by atoms with Gasteiger partial charge in [0.05, 0.1) is 6.54 Å². The van der Waals surface area contributed by atoms with E-state index in [1.807, 2.05) is 11.7 Å². The third-order valence-corrected chi connectivity index (χ3v) is 3.30. The SMILES string of the molecule is CCCCCCCCCCNCc1ncnn1C. The van der Waals surface area contributed by atoms with Gasteiger partial charge in [0.25, 0.3) is 0 Å². The van der Waals surface area contributed by atoms with Crippen LogP contribution in [0.1, 0.15) is 64.1 Å². The van der Waals surface area contributed by atoms with E-state index < -0.39 is 0 Å². The first-order chi connectivity index (χ1) is 8.84. The molecule has 0 saturated heterocycles. The second kappa shape index (κ2) is 10.1. The van der Waals surface area contributed by atoms with Crippen molar-refractivity contribution in [3.8, 4) is 0 Å². The number of nitrogens with zero attached hydrogens (tertiary/aromatic N) is 3. The zero-order valence-corrected chi connectivity index (χ0v) is 12.0. The summed E-state index contributed by atoms with van der Waals surface area (Å²) in [6.07, 6.45) is 12.6. The van der Waals surface area contributed by atoms with Gasteiger partial charge in [-0.05, 0) is 13.0 Å². The summed E-state index contributed by atoms with van der Waals surface area (Å²) in [7, 11) is 1.93. The monoisotopic (exact) mass is 252 g/mol. The van der Waals surface area contributed by atoms with Crippen molar-refractivity contribution < 1.29 is 0 Å². The van der Waals surface area contributed by atoms with Crippen LogP contribution in [0.5, 0.6) is 0 Å². The fourth-order valence-electron chi connectivity index (χ4n) is 2.06. The van der Waals surface area contributed by atoms with Crippen LogP contribution in [0.3, 0.4) is 0 Å². The Morgan fingerprint density at radius 3 is 2.33 bits per heavy atom. The molecule has 0 spiro atoms. The van der Waals surface area contributed by atoms with E-state index in [0.29, 0.717) is 0 Å². The molecule has 1 heterocycles. The van der Waals surface area contributed by atoms with E-state index in [1.54, 1.807) is 6.33 Å². The van der Waals surface area contributed by atoms with Crippen molar-refractivity contribution in [1.82, 2.24) is 20.1 Å². The second-order valence-electron chi connectivity index (χ2n) is 4.95. The summed E-state index contributed by atoms with van der Waals surface area (Å²) in [5.41, 5.74) is 0. The predicted molar refractivity (Wildman–Crippen MR) is 75.3 cm³/mol. The lowest BCUT2D eigenvalue weighted by molar-refractivity contribution is 0.544. The quantitative estimate of drug-likeness (QED) is 0.616. The summed E-state index contributed by atoms with van der Waals surface area (Å²) in [6.45, 7) is 4.18. The minimum Gasteiger partial charge on any atom is -0.310 e. The van der Waals surface area contributed by atoms with Crippen LogP contribution in [0.15, 0.2) is 6.33 Å². The average molecular weight is 252 g/mol. The van der Waals surface area contributed by atoms with Crippen molar-refractivity contribution in [2.24, 2.45) is 7.05 Å². The van der Waals surface area contributed by atoms with E-state index >= 15 is 0 Å². The van der Waals surface area contributed by atoms with Crippen LogP contribution in [0.4, 0.5) is 0 Å². The fourth-order valence-corrected chi connectivity index (χ4v) is 2.06. The Bertz CT molecular complexity index is 296. The molecule has 1 N–H and O–H groups in total. The van der Waals surface area contributed by atoms with E-state index in [9.17, 15) is 0 Å². The van der Waals surface area contributed by atoms with Crippen LogP contribution in [-0.2, 0) is 13.6 Å². The topological polar surface area (TPSA) is 42.7 Å². The van der Waals surface area contributed by atoms with Crippen molar-refractivity contribution in [3.63, 3.8) is 0 Å². The van der Waals surface area contributed by atoms with Crippen LogP contribution in [0, 0.1) is 0 Å². The van der Waals surface area contributed by atoms with Crippen LogP contribution in [0.25, 0.3) is 0 Å². The average Bonchev–Trinajstić information content (AvgIpc) is 2.77. The van der Waals surface area contributed by atoms with E-state index in [4.69, 9.17) is 0 Å². The van der Waals surface area contributed by atoms with Gasteiger partial charge in [0.15, 0.2) is 0 Å². The molecule has 18 heavy (non-hydrogen) atoms. The van der Waals surface area contributed by atoms with Crippen molar-refractivity contribution in [2.45, 2.75) is 64.8 Å². The Labute approximate surface area is 111 Å². The van der Waals surface area contributed by atoms with Crippen molar-refractivity contribution in [2.75, 3.05) is 6.54 Å². The molecule has 4 heteroatoms. The lowest BCUT2D eigenvalue weighted by Crippen LogP contribution is -2.17. The first-order valence-electron chi connectivity index (χ1n) is 7.38. The predicted octanol–water partition coefficient (Wildman–Crippen LogP) is 3.05. The fraction of sp³-hybridized carbons (Fsp3) is 0.857. The lowest BCUT2D eigenvalue weighted by Gasteiger charge is -2.04. The Morgan fingerprint density at radius 1 is 1.06 bits per heavy atom.